The van der Waals surface area contributed by atoms with Crippen LogP contribution in [-0.4, -0.2) is 28.8 Å². The highest BCUT2D eigenvalue weighted by Crippen LogP contribution is 2.31. The highest BCUT2D eigenvalue weighted by Gasteiger charge is 2.10. The number of aromatic amines is 1. The van der Waals surface area contributed by atoms with Gasteiger partial charge in [0, 0.05) is 10.6 Å². The average Bonchev–Trinajstić information content (AvgIpc) is 2.41. The number of esters is 1. The van der Waals surface area contributed by atoms with Crippen molar-refractivity contribution in [2.45, 2.75) is 11.3 Å². The van der Waals surface area contributed by atoms with Gasteiger partial charge in [0.2, 0.25) is 0 Å². The number of carbonyl (C=O) groups is 1. The molecule has 19 heavy (non-hydrogen) atoms. The van der Waals surface area contributed by atoms with E-state index in [-0.39, 0.29) is 11.5 Å². The zero-order valence-electron chi connectivity index (χ0n) is 10.1. The van der Waals surface area contributed by atoms with Crippen molar-refractivity contribution in [1.29, 1.82) is 0 Å². The van der Waals surface area contributed by atoms with E-state index in [4.69, 9.17) is 11.6 Å². The molecule has 1 heterocycles. The Kier molecular flexibility index (Phi) is 4.44. The SMILES string of the molecule is COC(=O)CCSc1ccc2nc[nH]c(=O)c2c1Cl. The summed E-state index contributed by atoms with van der Waals surface area (Å²) >= 11 is 7.60. The number of methoxy groups -OCH3 is 1. The number of halogens is 1. The molecule has 1 aromatic carbocycles. The standard InChI is InChI=1S/C12H11ClN2O3S/c1-18-9(16)4-5-19-8-3-2-7-10(11(8)13)12(17)15-6-14-7/h2-3,6H,4-5H2,1H3,(H,14,15,17). The van der Waals surface area contributed by atoms with Crippen LogP contribution in [0.25, 0.3) is 10.9 Å². The Balaban J connectivity index is 2.25. The zero-order chi connectivity index (χ0) is 13.8. The number of nitrogens with one attached hydrogen (secondary N) is 1. The van der Waals surface area contributed by atoms with E-state index >= 15 is 0 Å². The Labute approximate surface area is 118 Å². The summed E-state index contributed by atoms with van der Waals surface area (Å²) in [5.41, 5.74) is 0.275. The number of hydrogen-bond acceptors (Lipinski definition) is 5. The van der Waals surface area contributed by atoms with Gasteiger partial charge in [0.05, 0.1) is 35.8 Å². The van der Waals surface area contributed by atoms with Gasteiger partial charge in [-0.25, -0.2) is 4.98 Å². The molecule has 0 saturated heterocycles. The molecule has 7 heteroatoms. The predicted octanol–water partition coefficient (Wildman–Crippen LogP) is 2.23. The first-order valence-electron chi connectivity index (χ1n) is 5.49. The summed E-state index contributed by atoms with van der Waals surface area (Å²) in [6, 6.07) is 3.52. The topological polar surface area (TPSA) is 72.0 Å². The minimum atomic E-state index is -0.274. The van der Waals surface area contributed by atoms with E-state index in [9.17, 15) is 9.59 Å². The quantitative estimate of drug-likeness (QED) is 0.692. The molecule has 0 radical (unpaired) electrons. The van der Waals surface area contributed by atoms with Crippen LogP contribution in [0.5, 0.6) is 0 Å². The average molecular weight is 299 g/mol. The molecule has 0 fully saturated rings. The van der Waals surface area contributed by atoms with Crippen LogP contribution in [0, 0.1) is 0 Å². The summed E-state index contributed by atoms with van der Waals surface area (Å²) in [4.78, 5) is 30.0. The molecule has 1 aromatic heterocycles. The number of ether oxygens (including phenoxy) is 1. The lowest BCUT2D eigenvalue weighted by Crippen LogP contribution is -2.07. The third-order valence-electron chi connectivity index (χ3n) is 2.50. The Morgan fingerprint density at radius 2 is 2.32 bits per heavy atom. The fraction of sp³-hybridized carbons (Fsp3) is 0.250. The van der Waals surface area contributed by atoms with Crippen LogP contribution in [0.1, 0.15) is 6.42 Å². The van der Waals surface area contributed by atoms with Crippen LogP contribution in [0.2, 0.25) is 5.02 Å². The molecule has 0 aliphatic heterocycles. The third kappa shape index (κ3) is 3.08. The Hall–Kier alpha value is -1.53. The Bertz CT molecular complexity index is 672. The zero-order valence-corrected chi connectivity index (χ0v) is 11.7. The molecule has 2 rings (SSSR count). The lowest BCUT2D eigenvalue weighted by molar-refractivity contribution is -0.140. The number of thioether (sulfide) groups is 1. The van der Waals surface area contributed by atoms with Crippen molar-refractivity contribution >= 4 is 40.2 Å². The molecule has 0 saturated carbocycles. The van der Waals surface area contributed by atoms with Gasteiger partial charge in [0.15, 0.2) is 0 Å². The lowest BCUT2D eigenvalue weighted by atomic mass is 10.2. The Morgan fingerprint density at radius 1 is 1.53 bits per heavy atom. The second-order valence-electron chi connectivity index (χ2n) is 3.68. The van der Waals surface area contributed by atoms with Crippen LogP contribution in [0.4, 0.5) is 0 Å². The molecule has 0 spiro atoms. The van der Waals surface area contributed by atoms with E-state index in [2.05, 4.69) is 14.7 Å². The molecule has 0 amide bonds. The number of aromatic nitrogens is 2. The van der Waals surface area contributed by atoms with E-state index in [0.29, 0.717) is 28.1 Å². The van der Waals surface area contributed by atoms with Crippen molar-refractivity contribution in [2.75, 3.05) is 12.9 Å². The summed E-state index contributed by atoms with van der Waals surface area (Å²) in [6.07, 6.45) is 1.63. The van der Waals surface area contributed by atoms with Crippen LogP contribution in [-0.2, 0) is 9.53 Å². The third-order valence-corrected chi connectivity index (χ3v) is 4.07. The fourth-order valence-corrected chi connectivity index (χ4v) is 2.85. The van der Waals surface area contributed by atoms with Gasteiger partial charge in [-0.15, -0.1) is 11.8 Å². The maximum absolute atomic E-state index is 11.7. The van der Waals surface area contributed by atoms with Gasteiger partial charge in [-0.1, -0.05) is 11.6 Å². The van der Waals surface area contributed by atoms with Crippen LogP contribution < -0.4 is 5.56 Å². The minimum absolute atomic E-state index is 0.273. The van der Waals surface area contributed by atoms with Crippen LogP contribution >= 0.6 is 23.4 Å². The summed E-state index contributed by atoms with van der Waals surface area (Å²) in [7, 11) is 1.35. The number of rotatable bonds is 4. The van der Waals surface area contributed by atoms with Crippen LogP contribution in [0.15, 0.2) is 28.2 Å². The minimum Gasteiger partial charge on any atom is -0.469 e. The molecule has 100 valence electrons. The monoisotopic (exact) mass is 298 g/mol. The Morgan fingerprint density at radius 3 is 3.05 bits per heavy atom. The largest absolute Gasteiger partial charge is 0.469 e. The van der Waals surface area contributed by atoms with E-state index in [1.165, 1.54) is 25.2 Å². The smallest absolute Gasteiger partial charge is 0.306 e. The van der Waals surface area contributed by atoms with Crippen molar-refractivity contribution in [3.63, 3.8) is 0 Å². The number of fused-ring (bicyclic) bond motifs is 1. The molecule has 2 aromatic rings. The van der Waals surface area contributed by atoms with Crippen molar-refractivity contribution in [2.24, 2.45) is 0 Å². The van der Waals surface area contributed by atoms with Gasteiger partial charge >= 0.3 is 5.97 Å². The molecule has 0 aliphatic carbocycles. The van der Waals surface area contributed by atoms with Crippen molar-refractivity contribution in [3.05, 3.63) is 33.8 Å². The summed E-state index contributed by atoms with van der Waals surface area (Å²) < 4.78 is 4.56. The summed E-state index contributed by atoms with van der Waals surface area (Å²) in [6.45, 7) is 0. The number of hydrogen-bond donors (Lipinski definition) is 1. The number of carbonyl (C=O) groups excluding carboxylic acids is 1. The van der Waals surface area contributed by atoms with E-state index in [1.807, 2.05) is 0 Å². The normalized spacial score (nSPS) is 10.6. The highest BCUT2D eigenvalue weighted by molar-refractivity contribution is 7.99. The van der Waals surface area contributed by atoms with Gasteiger partial charge in [-0.3, -0.25) is 9.59 Å². The first kappa shape index (κ1) is 13.9. The van der Waals surface area contributed by atoms with E-state index < -0.39 is 0 Å². The fourth-order valence-electron chi connectivity index (χ4n) is 1.56. The molecule has 0 unspecified atom stereocenters. The molecule has 5 nitrogen and oxygen atoms in total. The highest BCUT2D eigenvalue weighted by atomic mass is 35.5. The number of H-pyrrole nitrogens is 1. The first-order valence-corrected chi connectivity index (χ1v) is 6.85. The van der Waals surface area contributed by atoms with Crippen molar-refractivity contribution < 1.29 is 9.53 Å². The number of nitrogens with zero attached hydrogens (tertiary/aromatic N) is 1. The molecular weight excluding hydrogens is 288 g/mol. The number of benzene rings is 1. The molecule has 0 bridgehead atoms. The predicted molar refractivity (Wildman–Crippen MR) is 74.7 cm³/mol. The summed E-state index contributed by atoms with van der Waals surface area (Å²) in [5.74, 6) is 0.264. The second kappa shape index (κ2) is 6.08. The lowest BCUT2D eigenvalue weighted by Gasteiger charge is -2.05. The molecular formula is C12H11ClN2O3S. The molecule has 0 aliphatic rings. The maximum atomic E-state index is 11.7. The summed E-state index contributed by atoms with van der Waals surface area (Å²) in [5, 5.41) is 0.731. The van der Waals surface area contributed by atoms with Crippen molar-refractivity contribution in [1.82, 2.24) is 9.97 Å². The van der Waals surface area contributed by atoms with Gasteiger partial charge in [-0.2, -0.15) is 0 Å². The van der Waals surface area contributed by atoms with Gasteiger partial charge in [0.25, 0.3) is 5.56 Å². The van der Waals surface area contributed by atoms with Gasteiger partial charge in [-0.05, 0) is 12.1 Å². The van der Waals surface area contributed by atoms with Crippen molar-refractivity contribution in [3.8, 4) is 0 Å². The molecule has 0 atom stereocenters. The maximum Gasteiger partial charge on any atom is 0.306 e. The van der Waals surface area contributed by atoms with E-state index in [1.54, 1.807) is 12.1 Å². The van der Waals surface area contributed by atoms with Gasteiger partial charge < -0.3 is 9.72 Å². The second-order valence-corrected chi connectivity index (χ2v) is 5.19. The van der Waals surface area contributed by atoms with Gasteiger partial charge in [0.1, 0.15) is 0 Å². The van der Waals surface area contributed by atoms with E-state index in [0.717, 1.165) is 4.90 Å². The first-order chi connectivity index (χ1) is 9.13. The van der Waals surface area contributed by atoms with Crippen LogP contribution in [0.3, 0.4) is 0 Å². The molecule has 1 N–H and O–H groups in total.